The van der Waals surface area contributed by atoms with Gasteiger partial charge in [0.1, 0.15) is 22.7 Å². The van der Waals surface area contributed by atoms with Crippen LogP contribution in [0, 0.1) is 34.9 Å². The lowest BCUT2D eigenvalue weighted by Gasteiger charge is -2.90. The molecular formula is C32H27F4N3O4S. The monoisotopic (exact) mass is 625 g/mol. The molecule has 6 atom stereocenters. The molecular weight excluding hydrogens is 598 g/mol. The van der Waals surface area contributed by atoms with Gasteiger partial charge in [0.15, 0.2) is 5.82 Å². The molecule has 6 aliphatic rings. The number of halogens is 4. The molecule has 5 saturated carbocycles. The van der Waals surface area contributed by atoms with E-state index in [0.717, 1.165) is 54.9 Å². The number of aromatic nitrogens is 2. The number of alkyl halides is 3. The van der Waals surface area contributed by atoms with Gasteiger partial charge in [-0.2, -0.15) is 0 Å². The van der Waals surface area contributed by atoms with Gasteiger partial charge in [-0.3, -0.25) is 0 Å². The summed E-state index contributed by atoms with van der Waals surface area (Å²) in [5.41, 5.74) is 1.97. The second-order valence-corrected chi connectivity index (χ2v) is 14.1. The molecule has 228 valence electrons. The van der Waals surface area contributed by atoms with Gasteiger partial charge >= 0.3 is 12.3 Å². The number of carboxylic acid groups (broad SMARTS) is 1. The highest BCUT2D eigenvalue weighted by molar-refractivity contribution is 7.18. The number of thiazole rings is 1. The number of rotatable bonds is 8. The largest absolute Gasteiger partial charge is 0.573 e. The van der Waals surface area contributed by atoms with Crippen LogP contribution in [0.25, 0.3) is 21.5 Å². The summed E-state index contributed by atoms with van der Waals surface area (Å²) in [6.07, 6.45) is -1.05. The van der Waals surface area contributed by atoms with Crippen molar-refractivity contribution < 1.29 is 36.7 Å². The lowest BCUT2D eigenvalue weighted by Crippen LogP contribution is -2.88. The van der Waals surface area contributed by atoms with Crippen molar-refractivity contribution in [1.82, 2.24) is 15.0 Å². The molecule has 0 radical (unpaired) electrons. The number of likely N-dealkylation sites (tertiary alicyclic amines) is 1. The van der Waals surface area contributed by atoms with E-state index in [1.54, 1.807) is 12.1 Å². The van der Waals surface area contributed by atoms with E-state index in [4.69, 9.17) is 4.52 Å². The summed E-state index contributed by atoms with van der Waals surface area (Å²) in [7, 11) is 0. The number of piperidine rings is 1. The SMILES string of the molecule is O=C(O)c1cc(F)c2nc(C3C4C5CC6CN(CCc7c(-c8ccccc8OC(F)(F)F)noc7C7CC7)CC4C653)sc2c1. The van der Waals surface area contributed by atoms with Crippen LogP contribution in [0.4, 0.5) is 17.6 Å². The molecule has 44 heavy (non-hydrogen) atoms. The molecule has 1 saturated heterocycles. The van der Waals surface area contributed by atoms with E-state index >= 15 is 0 Å². The molecule has 3 heterocycles. The number of ether oxygens (including phenoxy) is 1. The lowest BCUT2D eigenvalue weighted by molar-refractivity contribution is -0.404. The van der Waals surface area contributed by atoms with Gasteiger partial charge in [0.25, 0.3) is 0 Å². The Labute approximate surface area is 252 Å². The molecule has 1 spiro atoms. The van der Waals surface area contributed by atoms with Crippen molar-refractivity contribution in [3.8, 4) is 17.0 Å². The predicted octanol–water partition coefficient (Wildman–Crippen LogP) is 7.09. The Morgan fingerprint density at radius 3 is 2.73 bits per heavy atom. The van der Waals surface area contributed by atoms with E-state index in [2.05, 4.69) is 19.8 Å². The van der Waals surface area contributed by atoms with E-state index in [1.807, 2.05) is 0 Å². The molecule has 1 N–H and O–H groups in total. The predicted molar refractivity (Wildman–Crippen MR) is 151 cm³/mol. The second-order valence-electron chi connectivity index (χ2n) is 13.1. The fourth-order valence-electron chi connectivity index (χ4n) is 9.28. The van der Waals surface area contributed by atoms with E-state index in [1.165, 1.54) is 36.0 Å². The summed E-state index contributed by atoms with van der Waals surface area (Å²) >= 11 is 1.43. The van der Waals surface area contributed by atoms with Crippen molar-refractivity contribution in [1.29, 1.82) is 0 Å². The number of hydrogen-bond donors (Lipinski definition) is 1. The molecule has 2 aromatic carbocycles. The van der Waals surface area contributed by atoms with Gasteiger partial charge in [0, 0.05) is 42.6 Å². The quantitative estimate of drug-likeness (QED) is 0.209. The summed E-state index contributed by atoms with van der Waals surface area (Å²) in [6, 6.07) is 8.65. The molecule has 2 bridgehead atoms. The first-order chi connectivity index (χ1) is 21.1. The molecule has 6 fully saturated rings. The van der Waals surface area contributed by atoms with Crippen LogP contribution in [0.3, 0.4) is 0 Å². The smallest absolute Gasteiger partial charge is 0.478 e. The standard InChI is InChI=1S/C32H27F4N3O4S/c33-21-9-15(30(40)41)10-23-27(21)37-29(44-23)25-24-19-11-16-12-39(13-20(24)31(16,19)25)8-7-18-26(38-43-28(18)14-5-6-14)17-3-1-2-4-22(17)42-32(34,35)36/h1-4,9-10,14,16,19-20,24-25H,5-8,11-13H2,(H,40,41). The fraction of sp³-hybridized carbons (Fsp3) is 0.469. The van der Waals surface area contributed by atoms with E-state index in [9.17, 15) is 27.5 Å². The van der Waals surface area contributed by atoms with Gasteiger partial charge in [-0.25, -0.2) is 14.2 Å². The Bertz CT molecular complexity index is 1840. The maximum Gasteiger partial charge on any atom is 0.573 e. The minimum Gasteiger partial charge on any atom is -0.478 e. The first-order valence-corrected chi connectivity index (χ1v) is 15.8. The Morgan fingerprint density at radius 2 is 2.00 bits per heavy atom. The Hall–Kier alpha value is -3.51. The topological polar surface area (TPSA) is 88.7 Å². The normalized spacial score (nSPS) is 30.3. The number of hydrogen-bond acceptors (Lipinski definition) is 7. The van der Waals surface area contributed by atoms with Crippen molar-refractivity contribution in [2.75, 3.05) is 19.6 Å². The Kier molecular flexibility index (Phi) is 5.51. The minimum atomic E-state index is -4.81. The summed E-state index contributed by atoms with van der Waals surface area (Å²) < 4.78 is 64.8. The van der Waals surface area contributed by atoms with E-state index in [-0.39, 0.29) is 33.7 Å². The van der Waals surface area contributed by atoms with Gasteiger partial charge < -0.3 is 19.3 Å². The summed E-state index contributed by atoms with van der Waals surface area (Å²) in [5, 5.41) is 14.5. The average molecular weight is 626 g/mol. The second kappa shape index (κ2) is 9.03. The highest BCUT2D eigenvalue weighted by atomic mass is 32.1. The molecule has 10 rings (SSSR count). The molecule has 6 unspecified atom stereocenters. The summed E-state index contributed by atoms with van der Waals surface area (Å²) in [5.74, 6) is 1.55. The number of carboxylic acids is 1. The number of nitrogens with zero attached hydrogens (tertiary/aromatic N) is 3. The minimum absolute atomic E-state index is 0.0617. The van der Waals surface area contributed by atoms with Crippen molar-refractivity contribution in [2.24, 2.45) is 29.1 Å². The van der Waals surface area contributed by atoms with Gasteiger partial charge in [-0.1, -0.05) is 17.3 Å². The maximum atomic E-state index is 14.7. The van der Waals surface area contributed by atoms with Gasteiger partial charge in [0.05, 0.1) is 15.3 Å². The van der Waals surface area contributed by atoms with Crippen LogP contribution in [0.5, 0.6) is 5.75 Å². The number of carbonyl (C=O) groups is 1. The third-order valence-corrected chi connectivity index (χ3v) is 12.2. The number of fused-ring (bicyclic) bond motifs is 1. The summed E-state index contributed by atoms with van der Waals surface area (Å²) in [6.45, 7) is 2.64. The molecule has 0 amide bonds. The van der Waals surface area contributed by atoms with Crippen LogP contribution in [0.2, 0.25) is 0 Å². The molecule has 12 heteroatoms. The molecule has 4 aromatic rings. The van der Waals surface area contributed by atoms with Crippen LogP contribution in [0.15, 0.2) is 40.9 Å². The fourth-order valence-corrected chi connectivity index (χ4v) is 10.6. The molecule has 5 aliphatic carbocycles. The van der Waals surface area contributed by atoms with Crippen LogP contribution < -0.4 is 4.74 Å². The van der Waals surface area contributed by atoms with Crippen molar-refractivity contribution in [3.63, 3.8) is 0 Å². The molecule has 2 aromatic heterocycles. The zero-order valence-corrected chi connectivity index (χ0v) is 24.1. The van der Waals surface area contributed by atoms with Gasteiger partial charge in [0.2, 0.25) is 0 Å². The van der Waals surface area contributed by atoms with Gasteiger partial charge in [-0.15, -0.1) is 24.5 Å². The number of para-hydroxylation sites is 1. The van der Waals surface area contributed by atoms with Crippen molar-refractivity contribution in [3.05, 3.63) is 64.1 Å². The van der Waals surface area contributed by atoms with Crippen molar-refractivity contribution in [2.45, 2.75) is 43.9 Å². The van der Waals surface area contributed by atoms with Crippen LogP contribution >= 0.6 is 11.3 Å². The van der Waals surface area contributed by atoms with Crippen molar-refractivity contribution >= 4 is 27.5 Å². The molecule has 1 aliphatic heterocycles. The number of aromatic carboxylic acids is 1. The Morgan fingerprint density at radius 1 is 1.18 bits per heavy atom. The highest BCUT2D eigenvalue weighted by Crippen LogP contribution is 2.90. The lowest BCUT2D eigenvalue weighted by atomic mass is 9.15. The van der Waals surface area contributed by atoms with Crippen LogP contribution in [-0.4, -0.2) is 52.1 Å². The third-order valence-electron chi connectivity index (χ3n) is 11.1. The zero-order chi connectivity index (χ0) is 30.1. The zero-order valence-electron chi connectivity index (χ0n) is 23.3. The first-order valence-electron chi connectivity index (χ1n) is 15.0. The summed E-state index contributed by atoms with van der Waals surface area (Å²) in [4.78, 5) is 18.6. The average Bonchev–Trinajstić information content (AvgIpc) is 3.56. The van der Waals surface area contributed by atoms with Crippen LogP contribution in [-0.2, 0) is 6.42 Å². The highest BCUT2D eigenvalue weighted by Gasteiger charge is 2.87. The third kappa shape index (κ3) is 3.67. The van der Waals surface area contributed by atoms with E-state index < -0.39 is 18.1 Å². The maximum absolute atomic E-state index is 14.7. The molecule has 7 nitrogen and oxygen atoms in total. The first kappa shape index (κ1) is 26.9. The van der Waals surface area contributed by atoms with E-state index in [0.29, 0.717) is 46.4 Å². The van der Waals surface area contributed by atoms with Gasteiger partial charge in [-0.05, 0) is 79.0 Å². The Balaban J connectivity index is 0.942. The number of benzene rings is 2. The van der Waals surface area contributed by atoms with Crippen LogP contribution in [0.1, 0.15) is 57.8 Å².